The first-order valence-electron chi connectivity index (χ1n) is 10.3. The normalized spacial score (nSPS) is 24.9. The maximum absolute atomic E-state index is 13.4. The average molecular weight is 593 g/mol. The number of aliphatic hydroxyl groups excluding tert-OH is 1. The Hall–Kier alpha value is -0.985. The Balaban J connectivity index is 2.30. The van der Waals surface area contributed by atoms with Gasteiger partial charge in [-0.2, -0.15) is 0 Å². The van der Waals surface area contributed by atoms with E-state index in [1.165, 1.54) is 6.92 Å². The third-order valence-electron chi connectivity index (χ3n) is 6.11. The van der Waals surface area contributed by atoms with Crippen LogP contribution < -0.4 is 0 Å². The van der Waals surface area contributed by atoms with Gasteiger partial charge in [-0.3, -0.25) is 0 Å². The molecule has 0 heterocycles. The minimum atomic E-state index is -2.53. The number of methoxy groups -OCH3 is 1. The van der Waals surface area contributed by atoms with Gasteiger partial charge in [-0.15, -0.1) is 0 Å². The fourth-order valence-electron chi connectivity index (χ4n) is 4.14. The topological polar surface area (TPSA) is 82.1 Å². The van der Waals surface area contributed by atoms with Crippen LogP contribution in [0, 0.1) is 11.8 Å². The number of aliphatic hydroxyl groups is 1. The molecule has 0 aromatic heterocycles. The van der Waals surface area contributed by atoms with Crippen molar-refractivity contribution in [3.63, 3.8) is 0 Å². The van der Waals surface area contributed by atoms with Crippen molar-refractivity contribution in [3.05, 3.63) is 35.9 Å². The van der Waals surface area contributed by atoms with Crippen molar-refractivity contribution in [1.82, 2.24) is 0 Å². The van der Waals surface area contributed by atoms with Gasteiger partial charge in [-0.05, 0) is 0 Å². The van der Waals surface area contributed by atoms with E-state index in [2.05, 4.69) is 13.8 Å². The van der Waals surface area contributed by atoms with Crippen LogP contribution in [0.3, 0.4) is 0 Å². The molecule has 0 unspecified atom stereocenters. The van der Waals surface area contributed by atoms with Crippen molar-refractivity contribution in [1.29, 1.82) is 0 Å². The molecule has 0 radical (unpaired) electrons. The van der Waals surface area contributed by atoms with Gasteiger partial charge in [-0.1, -0.05) is 0 Å². The molecule has 0 saturated heterocycles. The summed E-state index contributed by atoms with van der Waals surface area (Å²) < 4.78 is 16.6. The van der Waals surface area contributed by atoms with Gasteiger partial charge < -0.3 is 0 Å². The van der Waals surface area contributed by atoms with E-state index in [0.29, 0.717) is 12.3 Å². The van der Waals surface area contributed by atoms with E-state index in [9.17, 15) is 14.7 Å². The van der Waals surface area contributed by atoms with Gasteiger partial charge in [0.2, 0.25) is 0 Å². The van der Waals surface area contributed by atoms with Gasteiger partial charge in [0.15, 0.2) is 0 Å². The zero-order valence-corrected chi connectivity index (χ0v) is 23.6. The number of ether oxygens (including phenoxy) is 2. The second kappa shape index (κ2) is 10.9. The fraction of sp³-hybridized carbons (Fsp3) is 0.636. The van der Waals surface area contributed by atoms with Gasteiger partial charge in [0, 0.05) is 0 Å². The zero-order valence-electron chi connectivity index (χ0n) is 18.1. The summed E-state index contributed by atoms with van der Waals surface area (Å²) in [7, 11) is 1.57. The summed E-state index contributed by atoms with van der Waals surface area (Å²) in [5.41, 5.74) is -0.0867. The van der Waals surface area contributed by atoms with E-state index >= 15 is 0 Å². The molecule has 0 spiro atoms. The molecule has 7 heteroatoms. The van der Waals surface area contributed by atoms with Crippen LogP contribution in [-0.4, -0.2) is 36.4 Å². The summed E-state index contributed by atoms with van der Waals surface area (Å²) in [6, 6.07) is 9.51. The molecule has 29 heavy (non-hydrogen) atoms. The molecule has 0 aliphatic heterocycles. The molecule has 1 aromatic carbocycles. The van der Waals surface area contributed by atoms with Crippen molar-refractivity contribution in [2.24, 2.45) is 11.8 Å². The fourth-order valence-corrected chi connectivity index (χ4v) is 9.41. The Labute approximate surface area is 186 Å². The van der Waals surface area contributed by atoms with E-state index in [1.54, 1.807) is 7.11 Å². The standard InChI is InChI=1S/C20H29O4.C2H4O2.Hg/c1-14(2)17-11-10-16(21)12-18(17)24-19(22)13-20(3,23-4)15-8-6-5-7-9-15;1-2(3)4;/h5-9,13-14,16-18,21H,10-12H2,1-4H3;1H3,(H,3,4);/q;;+1/p-1/t16-,17+,18-,20+;;/m1../s1. The van der Waals surface area contributed by atoms with Crippen molar-refractivity contribution < 1.29 is 51.8 Å². The van der Waals surface area contributed by atoms with E-state index in [1.807, 2.05) is 37.3 Å². The molecule has 5 atom stereocenters. The third kappa shape index (κ3) is 6.25. The molecule has 1 fully saturated rings. The van der Waals surface area contributed by atoms with Crippen molar-refractivity contribution in [2.45, 2.75) is 68.2 Å². The van der Waals surface area contributed by atoms with Crippen LogP contribution in [-0.2, 0) is 52.3 Å². The number of esters is 1. The number of rotatable bonds is 8. The van der Waals surface area contributed by atoms with Crippen molar-refractivity contribution in [2.75, 3.05) is 7.11 Å². The Morgan fingerprint density at radius 1 is 1.21 bits per heavy atom. The molecule has 6 nitrogen and oxygen atoms in total. The van der Waals surface area contributed by atoms with Crippen LogP contribution in [0.1, 0.15) is 52.5 Å². The van der Waals surface area contributed by atoms with Crippen molar-refractivity contribution >= 4 is 11.9 Å². The van der Waals surface area contributed by atoms with Crippen LogP contribution in [0.25, 0.3) is 0 Å². The molecule has 0 bridgehead atoms. The molecule has 0 amide bonds. The quantitative estimate of drug-likeness (QED) is 0.367. The van der Waals surface area contributed by atoms with Crippen LogP contribution >= 0.6 is 0 Å². The molecular weight excluding hydrogens is 561 g/mol. The van der Waals surface area contributed by atoms with E-state index < -0.39 is 40.2 Å². The van der Waals surface area contributed by atoms with Crippen molar-refractivity contribution in [3.8, 4) is 0 Å². The van der Waals surface area contributed by atoms with Crippen LogP contribution in [0.4, 0.5) is 0 Å². The van der Waals surface area contributed by atoms with Gasteiger partial charge >= 0.3 is 187 Å². The maximum atomic E-state index is 13.4. The Morgan fingerprint density at radius 3 is 2.41 bits per heavy atom. The molecule has 1 N–H and O–H groups in total. The number of carbonyl (C=O) groups is 2. The summed E-state index contributed by atoms with van der Waals surface area (Å²) in [4.78, 5) is 24.9. The third-order valence-corrected chi connectivity index (χ3v) is 14.0. The minimum absolute atomic E-state index is 0.207. The zero-order chi connectivity index (χ0) is 21.6. The second-order valence-corrected chi connectivity index (χ2v) is 14.0. The van der Waals surface area contributed by atoms with Crippen LogP contribution in [0.5, 0.6) is 0 Å². The molecule has 1 saturated carbocycles. The van der Waals surface area contributed by atoms with Crippen LogP contribution in [0.2, 0.25) is 3.43 Å². The summed E-state index contributed by atoms with van der Waals surface area (Å²) in [6.07, 6.45) is 1.21. The van der Waals surface area contributed by atoms with Gasteiger partial charge in [0.25, 0.3) is 0 Å². The average Bonchev–Trinajstić information content (AvgIpc) is 2.68. The Kier molecular flexibility index (Phi) is 9.10. The molecular formula is C22H32HgO6. The van der Waals surface area contributed by atoms with E-state index in [-0.39, 0.29) is 24.0 Å². The summed E-state index contributed by atoms with van der Waals surface area (Å²) in [5, 5.41) is 10.1. The van der Waals surface area contributed by atoms with E-state index in [0.717, 1.165) is 18.4 Å². The molecule has 1 aromatic rings. The first-order chi connectivity index (χ1) is 13.7. The summed E-state index contributed by atoms with van der Waals surface area (Å²) in [6.45, 7) is 7.44. The van der Waals surface area contributed by atoms with Gasteiger partial charge in [-0.25, -0.2) is 0 Å². The second-order valence-electron chi connectivity index (χ2n) is 8.38. The Morgan fingerprint density at radius 2 is 1.86 bits per heavy atom. The SMILES string of the molecule is CO[C@](C)(c1ccccc1)[C@@H]([Hg][O]C(C)=O)C(=O)O[C@@H]1C[C@H](O)CC[C@H]1C(C)C. The number of hydrogen-bond acceptors (Lipinski definition) is 6. The number of hydrogen-bond donors (Lipinski definition) is 1. The molecule has 158 valence electrons. The first-order valence-corrected chi connectivity index (χ1v) is 15.7. The van der Waals surface area contributed by atoms with Crippen LogP contribution in [0.15, 0.2) is 30.3 Å². The van der Waals surface area contributed by atoms with Gasteiger partial charge in [0.1, 0.15) is 0 Å². The van der Waals surface area contributed by atoms with E-state index in [4.69, 9.17) is 12.1 Å². The van der Waals surface area contributed by atoms with Gasteiger partial charge in [0.05, 0.1) is 0 Å². The summed E-state index contributed by atoms with van der Waals surface area (Å²) in [5.74, 6) is -0.200. The Bertz CT molecular complexity index is 679. The summed E-state index contributed by atoms with van der Waals surface area (Å²) >= 11 is -2.53. The number of carbonyl (C=O) groups excluding carboxylic acids is 2. The number of benzene rings is 1. The predicted molar refractivity (Wildman–Crippen MR) is 104 cm³/mol. The monoisotopic (exact) mass is 594 g/mol. The first kappa shape index (κ1) is 24.3. The predicted octanol–water partition coefficient (Wildman–Crippen LogP) is 3.63. The molecule has 1 aliphatic carbocycles. The molecule has 2 rings (SSSR count). The molecule has 1 aliphatic rings.